The van der Waals surface area contributed by atoms with Crippen LogP contribution in [0.5, 0.6) is 0 Å². The van der Waals surface area contributed by atoms with Gasteiger partial charge in [-0.2, -0.15) is 0 Å². The van der Waals surface area contributed by atoms with Crippen LogP contribution in [0, 0.1) is 0 Å². The molecular weight excluding hydrogens is 346 g/mol. The molecule has 1 amide bonds. The molecule has 1 rings (SSSR count). The van der Waals surface area contributed by atoms with Crippen molar-refractivity contribution in [1.82, 2.24) is 5.32 Å². The average Bonchev–Trinajstić information content (AvgIpc) is 2.63. The van der Waals surface area contributed by atoms with Gasteiger partial charge in [0.2, 0.25) is 0 Å². The van der Waals surface area contributed by atoms with Crippen LogP contribution in [-0.2, 0) is 14.3 Å². The third-order valence-corrected chi connectivity index (χ3v) is 3.88. The third-order valence-electron chi connectivity index (χ3n) is 3.88. The Hall–Kier alpha value is -0.930. The van der Waals surface area contributed by atoms with Gasteiger partial charge in [0.25, 0.3) is 5.91 Å². The van der Waals surface area contributed by atoms with Crippen LogP contribution in [0.15, 0.2) is 0 Å². The lowest BCUT2D eigenvalue weighted by molar-refractivity contribution is -0.326. The molecule has 0 bridgehead atoms. The molecule has 0 aromatic carbocycles. The third kappa shape index (κ3) is 5.04. The summed E-state index contributed by atoms with van der Waals surface area (Å²) in [6.07, 6.45) is -16.0. The lowest BCUT2D eigenvalue weighted by atomic mass is 9.98. The van der Waals surface area contributed by atoms with E-state index in [1.807, 2.05) is 0 Å². The molecule has 0 radical (unpaired) electrons. The minimum atomic E-state index is -2.04. The second-order valence-electron chi connectivity index (χ2n) is 5.60. The Morgan fingerprint density at radius 3 is 2.20 bits per heavy atom. The zero-order valence-corrected chi connectivity index (χ0v) is 13.4. The minimum absolute atomic E-state index is 0.735. The van der Waals surface area contributed by atoms with E-state index in [0.29, 0.717) is 0 Å². The normalized spacial score (nSPS) is 34.8. The van der Waals surface area contributed by atoms with Crippen LogP contribution in [0.1, 0.15) is 0 Å². The molecule has 1 fully saturated rings. The fraction of sp³-hybridized carbons (Fsp3) is 0.923. The largest absolute Gasteiger partial charge is 0.394 e. The van der Waals surface area contributed by atoms with Crippen LogP contribution < -0.4 is 5.32 Å². The van der Waals surface area contributed by atoms with E-state index in [0.717, 1.165) is 0 Å². The number of aliphatic hydroxyl groups is 8. The van der Waals surface area contributed by atoms with Crippen molar-refractivity contribution in [2.45, 2.75) is 55.1 Å². The van der Waals surface area contributed by atoms with Gasteiger partial charge in [0.05, 0.1) is 13.2 Å². The summed E-state index contributed by atoms with van der Waals surface area (Å²) in [7, 11) is 1.19. The van der Waals surface area contributed by atoms with E-state index in [1.54, 1.807) is 0 Å². The quantitative estimate of drug-likeness (QED) is 0.196. The second kappa shape index (κ2) is 9.68. The molecule has 0 aromatic rings. The summed E-state index contributed by atoms with van der Waals surface area (Å²) in [4.78, 5) is 11.4. The zero-order chi connectivity index (χ0) is 19.3. The predicted molar refractivity (Wildman–Crippen MR) is 77.8 cm³/mol. The highest BCUT2D eigenvalue weighted by atomic mass is 16.7. The van der Waals surface area contributed by atoms with Crippen molar-refractivity contribution in [3.05, 3.63) is 0 Å². The Balaban J connectivity index is 2.95. The number of ether oxygens (including phenoxy) is 2. The van der Waals surface area contributed by atoms with Gasteiger partial charge in [-0.3, -0.25) is 4.79 Å². The maximum Gasteiger partial charge on any atom is 0.251 e. The molecule has 9 atom stereocenters. The molecular formula is C13H25NO11. The van der Waals surface area contributed by atoms with Crippen molar-refractivity contribution in [3.8, 4) is 0 Å². The molecule has 148 valence electrons. The molecule has 1 saturated heterocycles. The number of hydrogen-bond acceptors (Lipinski definition) is 11. The van der Waals surface area contributed by atoms with E-state index in [4.69, 9.17) is 19.7 Å². The number of carbonyl (C=O) groups excluding carboxylic acids is 1. The van der Waals surface area contributed by atoms with Gasteiger partial charge in [0.15, 0.2) is 12.4 Å². The average molecular weight is 371 g/mol. The summed E-state index contributed by atoms with van der Waals surface area (Å²) in [5, 5.41) is 79.0. The Labute approximate surface area is 142 Å². The zero-order valence-electron chi connectivity index (χ0n) is 13.4. The van der Waals surface area contributed by atoms with E-state index >= 15 is 0 Å². The Morgan fingerprint density at radius 2 is 1.72 bits per heavy atom. The van der Waals surface area contributed by atoms with Gasteiger partial charge in [0.1, 0.15) is 42.7 Å². The SMILES string of the molecule is CNC(=O)[C@@H](O)[C@H](O)[C@@H](O[C@@H]1O[C@@H](CO)[C@H](O)[C@@H](O)[C@@H]1O)[C@@H](O)CO. The summed E-state index contributed by atoms with van der Waals surface area (Å²) >= 11 is 0. The molecule has 1 heterocycles. The molecule has 12 heteroatoms. The summed E-state index contributed by atoms with van der Waals surface area (Å²) in [5.74, 6) is -1.000. The molecule has 0 aromatic heterocycles. The fourth-order valence-electron chi connectivity index (χ4n) is 2.32. The van der Waals surface area contributed by atoms with Gasteiger partial charge in [0, 0.05) is 7.05 Å². The molecule has 0 aliphatic carbocycles. The van der Waals surface area contributed by atoms with Crippen LogP contribution >= 0.6 is 0 Å². The standard InChI is InChI=1S/C13H25NO11/c1-14-12(23)9(21)8(20)11(4(17)2-15)25-13-10(22)7(19)6(18)5(3-16)24-13/h4-11,13,15-22H,2-3H2,1H3,(H,14,23)/t4-,5-,6-,7+,8-,9-,10-,11-,13-/m0/s1. The fourth-order valence-corrected chi connectivity index (χ4v) is 2.32. The molecule has 0 spiro atoms. The first-order valence-electron chi connectivity index (χ1n) is 7.52. The van der Waals surface area contributed by atoms with E-state index in [-0.39, 0.29) is 0 Å². The van der Waals surface area contributed by atoms with Crippen LogP contribution in [0.3, 0.4) is 0 Å². The van der Waals surface area contributed by atoms with Crippen molar-refractivity contribution in [2.75, 3.05) is 20.3 Å². The van der Waals surface area contributed by atoms with Crippen molar-refractivity contribution in [1.29, 1.82) is 0 Å². The topological polar surface area (TPSA) is 209 Å². The van der Waals surface area contributed by atoms with E-state index in [9.17, 15) is 35.4 Å². The van der Waals surface area contributed by atoms with Gasteiger partial charge in [-0.1, -0.05) is 0 Å². The van der Waals surface area contributed by atoms with Crippen LogP contribution in [0.4, 0.5) is 0 Å². The first-order valence-corrected chi connectivity index (χ1v) is 7.52. The number of aliphatic hydroxyl groups excluding tert-OH is 8. The van der Waals surface area contributed by atoms with Gasteiger partial charge in [-0.15, -0.1) is 0 Å². The highest BCUT2D eigenvalue weighted by molar-refractivity contribution is 5.80. The number of amides is 1. The van der Waals surface area contributed by atoms with Crippen molar-refractivity contribution in [3.63, 3.8) is 0 Å². The predicted octanol–water partition coefficient (Wildman–Crippen LogP) is -6.01. The lowest BCUT2D eigenvalue weighted by Gasteiger charge is -2.42. The lowest BCUT2D eigenvalue weighted by Crippen LogP contribution is -2.62. The maximum absolute atomic E-state index is 11.4. The number of rotatable bonds is 8. The summed E-state index contributed by atoms with van der Waals surface area (Å²) in [6.45, 7) is -1.67. The van der Waals surface area contributed by atoms with E-state index < -0.39 is 74.2 Å². The maximum atomic E-state index is 11.4. The van der Waals surface area contributed by atoms with E-state index in [1.165, 1.54) is 7.05 Å². The van der Waals surface area contributed by atoms with Crippen molar-refractivity contribution < 1.29 is 55.1 Å². The van der Waals surface area contributed by atoms with E-state index in [2.05, 4.69) is 5.32 Å². The van der Waals surface area contributed by atoms with Gasteiger partial charge < -0.3 is 55.6 Å². The number of nitrogens with one attached hydrogen (secondary N) is 1. The van der Waals surface area contributed by atoms with Gasteiger partial charge >= 0.3 is 0 Å². The van der Waals surface area contributed by atoms with Crippen LogP contribution in [0.2, 0.25) is 0 Å². The first kappa shape index (κ1) is 22.1. The highest BCUT2D eigenvalue weighted by Crippen LogP contribution is 2.24. The molecule has 0 saturated carbocycles. The van der Waals surface area contributed by atoms with Gasteiger partial charge in [-0.25, -0.2) is 0 Å². The monoisotopic (exact) mass is 371 g/mol. The van der Waals surface area contributed by atoms with Crippen LogP contribution in [0.25, 0.3) is 0 Å². The van der Waals surface area contributed by atoms with Crippen LogP contribution in [-0.4, -0.2) is 122 Å². The number of likely N-dealkylation sites (N-methyl/N-ethyl adjacent to an activating group) is 1. The first-order chi connectivity index (χ1) is 11.7. The number of carbonyl (C=O) groups is 1. The smallest absolute Gasteiger partial charge is 0.251 e. The molecule has 1 aliphatic heterocycles. The molecule has 0 unspecified atom stereocenters. The molecule has 25 heavy (non-hydrogen) atoms. The molecule has 9 N–H and O–H groups in total. The summed E-state index contributed by atoms with van der Waals surface area (Å²) in [5.41, 5.74) is 0. The Bertz CT molecular complexity index is 423. The summed E-state index contributed by atoms with van der Waals surface area (Å²) in [6, 6.07) is 0. The second-order valence-corrected chi connectivity index (χ2v) is 5.60. The Morgan fingerprint density at radius 1 is 1.12 bits per heavy atom. The Kier molecular flexibility index (Phi) is 8.56. The molecule has 1 aliphatic rings. The minimum Gasteiger partial charge on any atom is -0.394 e. The highest BCUT2D eigenvalue weighted by Gasteiger charge is 2.47. The number of hydrogen-bond donors (Lipinski definition) is 9. The van der Waals surface area contributed by atoms with Crippen molar-refractivity contribution >= 4 is 5.91 Å². The molecule has 12 nitrogen and oxygen atoms in total. The van der Waals surface area contributed by atoms with Gasteiger partial charge in [-0.05, 0) is 0 Å². The summed E-state index contributed by atoms with van der Waals surface area (Å²) < 4.78 is 10.2. The van der Waals surface area contributed by atoms with Crippen molar-refractivity contribution in [2.24, 2.45) is 0 Å².